The Bertz CT molecular complexity index is 1800. The first-order valence-electron chi connectivity index (χ1n) is 14.0. The van der Waals surface area contributed by atoms with Gasteiger partial charge < -0.3 is 14.0 Å². The molecule has 0 radical (unpaired) electrons. The van der Waals surface area contributed by atoms with E-state index >= 15 is 0 Å². The van der Waals surface area contributed by atoms with Gasteiger partial charge in [-0.05, 0) is 65.5 Å². The molecule has 0 bridgehead atoms. The molecule has 0 N–H and O–H groups in total. The van der Waals surface area contributed by atoms with Gasteiger partial charge in [-0.3, -0.25) is 0 Å². The summed E-state index contributed by atoms with van der Waals surface area (Å²) in [5.74, 6) is 1.19. The largest absolute Gasteiger partial charge is 0.551 e. The van der Waals surface area contributed by atoms with Crippen LogP contribution in [0.4, 0.5) is 17.1 Å². The highest BCUT2D eigenvalue weighted by atomic mass is 16.4. The Balaban J connectivity index is 1.40. The van der Waals surface area contributed by atoms with Crippen LogP contribution in [-0.2, 0) is 0 Å². The molecule has 0 saturated carbocycles. The molecule has 0 aliphatic rings. The lowest BCUT2D eigenvalue weighted by molar-refractivity contribution is 0.579. The summed E-state index contributed by atoms with van der Waals surface area (Å²) in [6.45, 7) is -0.319. The molecule has 0 amide bonds. The quantitative estimate of drug-likeness (QED) is 0.182. The summed E-state index contributed by atoms with van der Waals surface area (Å²) in [5, 5.41) is 0. The van der Waals surface area contributed by atoms with E-state index in [0.717, 1.165) is 44.7 Å². The standard InChI is InChI=1S/C37H27BN2O2/c1-5-15-28(16-6-1)38(29-17-7-2-8-18-29)42-35-26-25-32(27-33(35)37-39-34-23-13-14-24-36(34)41-37)40(30-19-9-3-10-20-30)31-21-11-4-12-22-31/h1-27H. The molecule has 0 saturated heterocycles. The van der Waals surface area contributed by atoms with Gasteiger partial charge in [0.05, 0.1) is 5.56 Å². The van der Waals surface area contributed by atoms with Crippen molar-refractivity contribution in [3.05, 3.63) is 164 Å². The molecule has 0 unspecified atom stereocenters. The van der Waals surface area contributed by atoms with Crippen molar-refractivity contribution in [1.29, 1.82) is 0 Å². The summed E-state index contributed by atoms with van der Waals surface area (Å²) < 4.78 is 13.2. The summed E-state index contributed by atoms with van der Waals surface area (Å²) in [7, 11) is 0. The third kappa shape index (κ3) is 5.16. The molecular weight excluding hydrogens is 515 g/mol. The van der Waals surface area contributed by atoms with Crippen molar-refractivity contribution >= 4 is 46.0 Å². The molecule has 42 heavy (non-hydrogen) atoms. The zero-order valence-corrected chi connectivity index (χ0v) is 22.9. The van der Waals surface area contributed by atoms with Crippen molar-refractivity contribution < 1.29 is 9.07 Å². The Morgan fingerprint density at radius 3 is 1.62 bits per heavy atom. The van der Waals surface area contributed by atoms with Gasteiger partial charge in [0.2, 0.25) is 5.89 Å². The number of anilines is 3. The molecule has 7 aromatic rings. The van der Waals surface area contributed by atoms with Crippen LogP contribution in [0.15, 0.2) is 168 Å². The average Bonchev–Trinajstić information content (AvgIpc) is 3.50. The summed E-state index contributed by atoms with van der Waals surface area (Å²) in [6.07, 6.45) is 0. The predicted octanol–water partition coefficient (Wildman–Crippen LogP) is 8.15. The monoisotopic (exact) mass is 542 g/mol. The zero-order valence-electron chi connectivity index (χ0n) is 22.9. The first-order valence-corrected chi connectivity index (χ1v) is 14.0. The fraction of sp³-hybridized carbons (Fsp3) is 0. The van der Waals surface area contributed by atoms with Gasteiger partial charge in [0.15, 0.2) is 5.58 Å². The van der Waals surface area contributed by atoms with E-state index < -0.39 is 0 Å². The van der Waals surface area contributed by atoms with E-state index in [4.69, 9.17) is 14.1 Å². The molecule has 0 aliphatic heterocycles. The van der Waals surface area contributed by atoms with Gasteiger partial charge >= 0.3 is 6.92 Å². The van der Waals surface area contributed by atoms with Crippen LogP contribution < -0.4 is 20.5 Å². The van der Waals surface area contributed by atoms with Gasteiger partial charge in [-0.2, -0.15) is 0 Å². The van der Waals surface area contributed by atoms with Crippen LogP contribution >= 0.6 is 0 Å². The summed E-state index contributed by atoms with van der Waals surface area (Å²) in [5.41, 5.74) is 7.49. The molecule has 0 atom stereocenters. The average molecular weight is 542 g/mol. The number of hydrogen-bond donors (Lipinski definition) is 0. The second-order valence-corrected chi connectivity index (χ2v) is 9.99. The molecule has 7 rings (SSSR count). The second-order valence-electron chi connectivity index (χ2n) is 9.99. The zero-order chi connectivity index (χ0) is 28.1. The molecule has 5 heteroatoms. The van der Waals surface area contributed by atoms with Gasteiger partial charge in [0, 0.05) is 17.1 Å². The van der Waals surface area contributed by atoms with E-state index in [1.165, 1.54) is 0 Å². The van der Waals surface area contributed by atoms with E-state index in [-0.39, 0.29) is 6.92 Å². The van der Waals surface area contributed by atoms with Crippen LogP contribution in [0.2, 0.25) is 0 Å². The van der Waals surface area contributed by atoms with Crippen molar-refractivity contribution in [2.24, 2.45) is 0 Å². The second kappa shape index (κ2) is 11.5. The number of benzene rings is 6. The van der Waals surface area contributed by atoms with Crippen LogP contribution in [-0.4, -0.2) is 11.9 Å². The maximum absolute atomic E-state index is 6.90. The third-order valence-corrected chi connectivity index (χ3v) is 7.22. The minimum atomic E-state index is -0.319. The minimum absolute atomic E-state index is 0.319. The Kier molecular flexibility index (Phi) is 6.97. The summed E-state index contributed by atoms with van der Waals surface area (Å²) in [6, 6.07) is 55.3. The lowest BCUT2D eigenvalue weighted by atomic mass is 9.55. The highest BCUT2D eigenvalue weighted by molar-refractivity contribution is 6.80. The number of oxazole rings is 1. The molecule has 6 aromatic carbocycles. The molecule has 1 aromatic heterocycles. The number of fused-ring (bicyclic) bond motifs is 1. The van der Waals surface area contributed by atoms with E-state index in [2.05, 4.69) is 89.8 Å². The van der Waals surface area contributed by atoms with Crippen LogP contribution in [0.5, 0.6) is 5.75 Å². The highest BCUT2D eigenvalue weighted by Gasteiger charge is 2.26. The van der Waals surface area contributed by atoms with Crippen molar-refractivity contribution in [1.82, 2.24) is 4.98 Å². The maximum atomic E-state index is 6.90. The fourth-order valence-electron chi connectivity index (χ4n) is 5.23. The normalized spacial score (nSPS) is 10.9. The smallest absolute Gasteiger partial charge is 0.426 e. The van der Waals surface area contributed by atoms with Crippen molar-refractivity contribution in [2.45, 2.75) is 0 Å². The van der Waals surface area contributed by atoms with Gasteiger partial charge in [0.25, 0.3) is 0 Å². The Morgan fingerprint density at radius 1 is 0.524 bits per heavy atom. The SMILES string of the molecule is c1ccc(B(Oc2ccc(N(c3ccccc3)c3ccccc3)cc2-c2nc3ccccc3o2)c2ccccc2)cc1. The highest BCUT2D eigenvalue weighted by Crippen LogP contribution is 2.40. The lowest BCUT2D eigenvalue weighted by Gasteiger charge is -2.26. The van der Waals surface area contributed by atoms with E-state index in [1.807, 2.05) is 78.9 Å². The van der Waals surface area contributed by atoms with Gasteiger partial charge in [0.1, 0.15) is 11.3 Å². The van der Waals surface area contributed by atoms with Crippen molar-refractivity contribution in [3.8, 4) is 17.2 Å². The number of para-hydroxylation sites is 4. The van der Waals surface area contributed by atoms with Crippen molar-refractivity contribution in [3.63, 3.8) is 0 Å². The van der Waals surface area contributed by atoms with Crippen molar-refractivity contribution in [2.75, 3.05) is 4.90 Å². The molecule has 0 aliphatic carbocycles. The van der Waals surface area contributed by atoms with Crippen LogP contribution in [0.3, 0.4) is 0 Å². The van der Waals surface area contributed by atoms with E-state index in [9.17, 15) is 0 Å². The molecule has 0 fully saturated rings. The number of aromatic nitrogens is 1. The van der Waals surface area contributed by atoms with Crippen LogP contribution in [0.25, 0.3) is 22.6 Å². The fourth-order valence-corrected chi connectivity index (χ4v) is 5.23. The van der Waals surface area contributed by atoms with Gasteiger partial charge in [-0.15, -0.1) is 0 Å². The van der Waals surface area contributed by atoms with Gasteiger partial charge in [-0.25, -0.2) is 4.98 Å². The number of nitrogens with zero attached hydrogens (tertiary/aromatic N) is 2. The Morgan fingerprint density at radius 2 is 1.05 bits per heavy atom. The molecule has 0 spiro atoms. The molecule has 4 nitrogen and oxygen atoms in total. The van der Waals surface area contributed by atoms with Crippen LogP contribution in [0, 0.1) is 0 Å². The van der Waals surface area contributed by atoms with Gasteiger partial charge in [-0.1, -0.05) is 109 Å². The Labute approximate surface area is 245 Å². The number of hydrogen-bond acceptors (Lipinski definition) is 4. The minimum Gasteiger partial charge on any atom is -0.551 e. The number of rotatable bonds is 8. The first kappa shape index (κ1) is 25.4. The summed E-state index contributed by atoms with van der Waals surface area (Å²) >= 11 is 0. The molecular formula is C37H27BN2O2. The summed E-state index contributed by atoms with van der Waals surface area (Å²) in [4.78, 5) is 7.10. The van der Waals surface area contributed by atoms with Crippen LogP contribution in [0.1, 0.15) is 0 Å². The maximum Gasteiger partial charge on any atom is 0.426 e. The molecule has 200 valence electrons. The Hall–Kier alpha value is -5.55. The predicted molar refractivity (Wildman–Crippen MR) is 173 cm³/mol. The lowest BCUT2D eigenvalue weighted by Crippen LogP contribution is -2.47. The third-order valence-electron chi connectivity index (χ3n) is 7.22. The topological polar surface area (TPSA) is 38.5 Å². The molecule has 1 heterocycles. The first-order chi connectivity index (χ1) is 20.8. The van der Waals surface area contributed by atoms with E-state index in [0.29, 0.717) is 11.6 Å². The van der Waals surface area contributed by atoms with E-state index in [1.54, 1.807) is 0 Å².